The first-order chi connectivity index (χ1) is 12.4. The van der Waals surface area contributed by atoms with Gasteiger partial charge in [0.1, 0.15) is 10.8 Å². The fourth-order valence-electron chi connectivity index (χ4n) is 2.47. The second kappa shape index (κ2) is 9.69. The summed E-state index contributed by atoms with van der Waals surface area (Å²) in [5.41, 5.74) is 7.90. The SMILES string of the molecule is CCOc1ccc(-c2nc(CC(=O)N(C)CCC(N)C(C)C)cs2)cc1. The number of thiazole rings is 1. The number of hydrogen-bond donors (Lipinski definition) is 1. The van der Waals surface area contributed by atoms with Gasteiger partial charge in [-0.3, -0.25) is 4.79 Å². The van der Waals surface area contributed by atoms with E-state index in [1.807, 2.05) is 43.6 Å². The standard InChI is InChI=1S/C20H29N3O2S/c1-5-25-17-8-6-15(7-9-17)20-22-16(13-26-20)12-19(24)23(4)11-10-18(21)14(2)3/h6-9,13-14,18H,5,10-12,21H2,1-4H3. The number of carbonyl (C=O) groups excluding carboxylic acids is 1. The number of benzene rings is 1. The molecule has 26 heavy (non-hydrogen) atoms. The molecule has 1 atom stereocenters. The number of likely N-dealkylation sites (N-methyl/N-ethyl adjacent to an activating group) is 1. The van der Waals surface area contributed by atoms with Crippen molar-refractivity contribution >= 4 is 17.2 Å². The van der Waals surface area contributed by atoms with Gasteiger partial charge < -0.3 is 15.4 Å². The molecule has 0 radical (unpaired) electrons. The quantitative estimate of drug-likeness (QED) is 0.727. The van der Waals surface area contributed by atoms with Crippen molar-refractivity contribution in [1.29, 1.82) is 0 Å². The average Bonchev–Trinajstić information content (AvgIpc) is 3.08. The largest absolute Gasteiger partial charge is 0.494 e. The van der Waals surface area contributed by atoms with Gasteiger partial charge in [-0.2, -0.15) is 0 Å². The third-order valence-corrected chi connectivity index (χ3v) is 5.32. The highest BCUT2D eigenvalue weighted by atomic mass is 32.1. The smallest absolute Gasteiger partial charge is 0.228 e. The fraction of sp³-hybridized carbons (Fsp3) is 0.500. The predicted molar refractivity (Wildman–Crippen MR) is 107 cm³/mol. The molecular weight excluding hydrogens is 346 g/mol. The number of rotatable bonds is 9. The summed E-state index contributed by atoms with van der Waals surface area (Å²) < 4.78 is 5.46. The summed E-state index contributed by atoms with van der Waals surface area (Å²) in [5, 5.41) is 2.87. The maximum absolute atomic E-state index is 12.4. The summed E-state index contributed by atoms with van der Waals surface area (Å²) in [7, 11) is 1.83. The molecule has 2 N–H and O–H groups in total. The first-order valence-corrected chi connectivity index (χ1v) is 9.95. The van der Waals surface area contributed by atoms with E-state index in [1.165, 1.54) is 0 Å². The highest BCUT2D eigenvalue weighted by Gasteiger charge is 2.15. The van der Waals surface area contributed by atoms with Crippen LogP contribution in [0.25, 0.3) is 10.6 Å². The van der Waals surface area contributed by atoms with E-state index in [2.05, 4.69) is 18.8 Å². The number of aromatic nitrogens is 1. The van der Waals surface area contributed by atoms with Crippen molar-refractivity contribution in [2.45, 2.75) is 39.7 Å². The van der Waals surface area contributed by atoms with Gasteiger partial charge in [-0.05, 0) is 43.5 Å². The van der Waals surface area contributed by atoms with Crippen LogP contribution in [0.3, 0.4) is 0 Å². The van der Waals surface area contributed by atoms with E-state index in [0.29, 0.717) is 25.5 Å². The number of hydrogen-bond acceptors (Lipinski definition) is 5. The summed E-state index contributed by atoms with van der Waals surface area (Å²) in [4.78, 5) is 18.7. The van der Waals surface area contributed by atoms with Crippen molar-refractivity contribution in [2.75, 3.05) is 20.2 Å². The van der Waals surface area contributed by atoms with Crippen LogP contribution in [0.2, 0.25) is 0 Å². The minimum absolute atomic E-state index is 0.0736. The van der Waals surface area contributed by atoms with Crippen molar-refractivity contribution in [3.63, 3.8) is 0 Å². The molecule has 1 aromatic heterocycles. The molecule has 1 unspecified atom stereocenters. The molecule has 0 spiro atoms. The highest BCUT2D eigenvalue weighted by molar-refractivity contribution is 7.13. The molecule has 0 aliphatic heterocycles. The zero-order valence-corrected chi connectivity index (χ0v) is 16.9. The first-order valence-electron chi connectivity index (χ1n) is 9.07. The maximum Gasteiger partial charge on any atom is 0.228 e. The third kappa shape index (κ3) is 5.81. The van der Waals surface area contributed by atoms with Gasteiger partial charge in [0.2, 0.25) is 5.91 Å². The maximum atomic E-state index is 12.4. The Kier molecular flexibility index (Phi) is 7.60. The Hall–Kier alpha value is -1.92. The van der Waals surface area contributed by atoms with Crippen molar-refractivity contribution < 1.29 is 9.53 Å². The van der Waals surface area contributed by atoms with Crippen LogP contribution < -0.4 is 10.5 Å². The van der Waals surface area contributed by atoms with Crippen LogP contribution in [0.1, 0.15) is 32.9 Å². The summed E-state index contributed by atoms with van der Waals surface area (Å²) in [6.45, 7) is 7.49. The van der Waals surface area contributed by atoms with Gasteiger partial charge in [0, 0.05) is 30.6 Å². The Labute approximate surface area is 160 Å². The molecule has 0 aliphatic rings. The van der Waals surface area contributed by atoms with Crippen molar-refractivity contribution in [1.82, 2.24) is 9.88 Å². The number of ether oxygens (including phenoxy) is 1. The number of amides is 1. The molecule has 0 saturated heterocycles. The van der Waals surface area contributed by atoms with Crippen molar-refractivity contribution in [2.24, 2.45) is 11.7 Å². The Morgan fingerprint density at radius 2 is 2.00 bits per heavy atom. The topological polar surface area (TPSA) is 68.5 Å². The fourth-order valence-corrected chi connectivity index (χ4v) is 3.30. The summed E-state index contributed by atoms with van der Waals surface area (Å²) in [6, 6.07) is 7.99. The molecular formula is C20H29N3O2S. The lowest BCUT2D eigenvalue weighted by Gasteiger charge is -2.21. The Morgan fingerprint density at radius 3 is 2.62 bits per heavy atom. The Bertz CT molecular complexity index is 697. The molecule has 6 heteroatoms. The van der Waals surface area contributed by atoms with Crippen LogP contribution in [-0.2, 0) is 11.2 Å². The summed E-state index contributed by atoms with van der Waals surface area (Å²) in [6.07, 6.45) is 1.13. The molecule has 1 amide bonds. The zero-order valence-electron chi connectivity index (χ0n) is 16.1. The van der Waals surface area contributed by atoms with Crippen molar-refractivity contribution in [3.8, 4) is 16.3 Å². The molecule has 2 aromatic rings. The van der Waals surface area contributed by atoms with Crippen LogP contribution in [-0.4, -0.2) is 42.0 Å². The van der Waals surface area contributed by atoms with Gasteiger partial charge in [0.05, 0.1) is 18.7 Å². The van der Waals surface area contributed by atoms with E-state index in [0.717, 1.165) is 28.4 Å². The van der Waals surface area contributed by atoms with Crippen LogP contribution in [0.15, 0.2) is 29.6 Å². The number of carbonyl (C=O) groups is 1. The lowest BCUT2D eigenvalue weighted by molar-refractivity contribution is -0.129. The molecule has 2 rings (SSSR count). The van der Waals surface area contributed by atoms with Crippen LogP contribution in [0, 0.1) is 5.92 Å². The van der Waals surface area contributed by atoms with Gasteiger partial charge in [-0.25, -0.2) is 4.98 Å². The van der Waals surface area contributed by atoms with Gasteiger partial charge in [-0.15, -0.1) is 11.3 Å². The predicted octanol–water partition coefficient (Wildman–Crippen LogP) is 3.58. The minimum atomic E-state index is 0.0736. The van der Waals surface area contributed by atoms with Crippen LogP contribution in [0.4, 0.5) is 0 Å². The van der Waals surface area contributed by atoms with Gasteiger partial charge >= 0.3 is 0 Å². The highest BCUT2D eigenvalue weighted by Crippen LogP contribution is 2.26. The van der Waals surface area contributed by atoms with E-state index in [-0.39, 0.29) is 11.9 Å². The normalized spacial score (nSPS) is 12.2. The third-order valence-electron chi connectivity index (χ3n) is 4.38. The van der Waals surface area contributed by atoms with Crippen LogP contribution >= 0.6 is 11.3 Å². The molecule has 1 heterocycles. The zero-order chi connectivity index (χ0) is 19.1. The molecule has 0 fully saturated rings. The average molecular weight is 376 g/mol. The van der Waals surface area contributed by atoms with E-state index in [9.17, 15) is 4.79 Å². The van der Waals surface area contributed by atoms with Gasteiger partial charge in [0.25, 0.3) is 0 Å². The lowest BCUT2D eigenvalue weighted by Crippen LogP contribution is -2.35. The monoisotopic (exact) mass is 375 g/mol. The van der Waals surface area contributed by atoms with E-state index in [4.69, 9.17) is 10.5 Å². The van der Waals surface area contributed by atoms with Crippen molar-refractivity contribution in [3.05, 3.63) is 35.3 Å². The number of nitrogens with zero attached hydrogens (tertiary/aromatic N) is 2. The molecule has 1 aromatic carbocycles. The molecule has 0 aliphatic carbocycles. The molecule has 5 nitrogen and oxygen atoms in total. The molecule has 0 saturated carbocycles. The van der Waals surface area contributed by atoms with Gasteiger partial charge in [0.15, 0.2) is 0 Å². The first kappa shape index (κ1) is 20.4. The lowest BCUT2D eigenvalue weighted by atomic mass is 10.0. The van der Waals surface area contributed by atoms with E-state index in [1.54, 1.807) is 16.2 Å². The number of nitrogens with two attached hydrogens (primary N) is 1. The Balaban J connectivity index is 1.91. The summed E-state index contributed by atoms with van der Waals surface area (Å²) >= 11 is 1.56. The molecule has 0 bridgehead atoms. The van der Waals surface area contributed by atoms with E-state index < -0.39 is 0 Å². The Morgan fingerprint density at radius 1 is 1.31 bits per heavy atom. The van der Waals surface area contributed by atoms with Gasteiger partial charge in [-0.1, -0.05) is 13.8 Å². The molecule has 142 valence electrons. The van der Waals surface area contributed by atoms with Crippen LogP contribution in [0.5, 0.6) is 5.75 Å². The summed E-state index contributed by atoms with van der Waals surface area (Å²) in [5.74, 6) is 1.35. The van der Waals surface area contributed by atoms with E-state index >= 15 is 0 Å². The second-order valence-electron chi connectivity index (χ2n) is 6.79. The minimum Gasteiger partial charge on any atom is -0.494 e. The second-order valence-corrected chi connectivity index (χ2v) is 7.65.